The van der Waals surface area contributed by atoms with Crippen LogP contribution in [0.1, 0.15) is 20.7 Å². The van der Waals surface area contributed by atoms with Crippen LogP contribution >= 0.6 is 11.6 Å². The molecule has 25 heavy (non-hydrogen) atoms. The van der Waals surface area contributed by atoms with Crippen molar-refractivity contribution in [3.05, 3.63) is 58.9 Å². The van der Waals surface area contributed by atoms with Crippen LogP contribution in [-0.2, 0) is 0 Å². The lowest BCUT2D eigenvalue weighted by atomic mass is 10.1. The second-order valence-electron chi connectivity index (χ2n) is 5.68. The fourth-order valence-electron chi connectivity index (χ4n) is 2.71. The molecule has 0 radical (unpaired) electrons. The lowest BCUT2D eigenvalue weighted by molar-refractivity contribution is 0.0535. The van der Waals surface area contributed by atoms with E-state index in [9.17, 15) is 9.59 Å². The third kappa shape index (κ3) is 3.91. The Hall–Kier alpha value is -2.60. The number of piperazine rings is 1. The minimum absolute atomic E-state index is 0.0390. The topological polar surface area (TPSA) is 62.7 Å². The van der Waals surface area contributed by atoms with E-state index in [-0.39, 0.29) is 11.8 Å². The Morgan fingerprint density at radius 1 is 0.920 bits per heavy atom. The molecule has 6 nitrogen and oxygen atoms in total. The minimum atomic E-state index is -0.0966. The average Bonchev–Trinajstić information content (AvgIpc) is 2.67. The van der Waals surface area contributed by atoms with Crippen molar-refractivity contribution in [3.8, 4) is 5.75 Å². The number of pyridine rings is 1. The van der Waals surface area contributed by atoms with Gasteiger partial charge in [0.1, 0.15) is 10.9 Å². The van der Waals surface area contributed by atoms with E-state index in [0.29, 0.717) is 48.2 Å². The predicted octanol–water partition coefficient (Wildman–Crippen LogP) is 2.34. The molecular formula is C18H18ClN3O3. The van der Waals surface area contributed by atoms with Crippen LogP contribution in [0.5, 0.6) is 5.75 Å². The van der Waals surface area contributed by atoms with E-state index in [1.807, 2.05) is 0 Å². The van der Waals surface area contributed by atoms with Gasteiger partial charge in [0.25, 0.3) is 11.8 Å². The SMILES string of the molecule is COc1ccc(C(=O)N2CCN(C(=O)c3ccc(Cl)nc3)CC2)cc1. The van der Waals surface area contributed by atoms with Crippen molar-refractivity contribution in [1.82, 2.24) is 14.8 Å². The first-order chi connectivity index (χ1) is 12.1. The molecule has 0 atom stereocenters. The number of rotatable bonds is 3. The number of amides is 2. The Labute approximate surface area is 151 Å². The van der Waals surface area contributed by atoms with Crippen LogP contribution < -0.4 is 4.74 Å². The summed E-state index contributed by atoms with van der Waals surface area (Å²) in [6, 6.07) is 10.3. The summed E-state index contributed by atoms with van der Waals surface area (Å²) < 4.78 is 5.10. The Balaban J connectivity index is 1.60. The zero-order valence-electron chi connectivity index (χ0n) is 13.8. The van der Waals surface area contributed by atoms with Crippen molar-refractivity contribution in [2.45, 2.75) is 0 Å². The van der Waals surface area contributed by atoms with Gasteiger partial charge < -0.3 is 14.5 Å². The molecule has 130 valence electrons. The number of carbonyl (C=O) groups excluding carboxylic acids is 2. The number of ether oxygens (including phenoxy) is 1. The van der Waals surface area contributed by atoms with Gasteiger partial charge in [-0.15, -0.1) is 0 Å². The zero-order chi connectivity index (χ0) is 17.8. The van der Waals surface area contributed by atoms with Crippen LogP contribution in [0, 0.1) is 0 Å². The van der Waals surface area contributed by atoms with Crippen LogP contribution in [0.15, 0.2) is 42.6 Å². The van der Waals surface area contributed by atoms with Gasteiger partial charge in [0.15, 0.2) is 0 Å². The summed E-state index contributed by atoms with van der Waals surface area (Å²) in [5, 5.41) is 0.353. The number of nitrogens with zero attached hydrogens (tertiary/aromatic N) is 3. The Morgan fingerprint density at radius 3 is 1.92 bits per heavy atom. The van der Waals surface area contributed by atoms with Crippen molar-refractivity contribution in [2.24, 2.45) is 0 Å². The van der Waals surface area contributed by atoms with E-state index in [1.54, 1.807) is 53.3 Å². The zero-order valence-corrected chi connectivity index (χ0v) is 14.6. The van der Waals surface area contributed by atoms with Crippen LogP contribution in [0.3, 0.4) is 0 Å². The molecule has 1 aliphatic rings. The molecule has 2 heterocycles. The van der Waals surface area contributed by atoms with Crippen molar-refractivity contribution < 1.29 is 14.3 Å². The lowest BCUT2D eigenvalue weighted by Gasteiger charge is -2.34. The maximum atomic E-state index is 12.5. The van der Waals surface area contributed by atoms with E-state index < -0.39 is 0 Å². The molecule has 0 bridgehead atoms. The molecule has 0 spiro atoms. The van der Waals surface area contributed by atoms with Crippen LogP contribution in [0.4, 0.5) is 0 Å². The summed E-state index contributed by atoms with van der Waals surface area (Å²) in [5.41, 5.74) is 1.11. The molecule has 1 fully saturated rings. The first-order valence-electron chi connectivity index (χ1n) is 7.92. The van der Waals surface area contributed by atoms with Crippen molar-refractivity contribution in [3.63, 3.8) is 0 Å². The van der Waals surface area contributed by atoms with E-state index in [1.165, 1.54) is 6.20 Å². The molecule has 1 saturated heterocycles. The molecule has 1 aromatic heterocycles. The Kier molecular flexibility index (Phi) is 5.19. The maximum Gasteiger partial charge on any atom is 0.255 e. The van der Waals surface area contributed by atoms with Gasteiger partial charge in [0.2, 0.25) is 0 Å². The van der Waals surface area contributed by atoms with E-state index in [2.05, 4.69) is 4.98 Å². The number of benzene rings is 1. The van der Waals surface area contributed by atoms with E-state index in [4.69, 9.17) is 16.3 Å². The molecule has 7 heteroatoms. The monoisotopic (exact) mass is 359 g/mol. The molecule has 2 amide bonds. The van der Waals surface area contributed by atoms with Gasteiger partial charge in [-0.1, -0.05) is 11.6 Å². The summed E-state index contributed by atoms with van der Waals surface area (Å²) in [6.45, 7) is 1.97. The summed E-state index contributed by atoms with van der Waals surface area (Å²) in [4.78, 5) is 32.4. The second-order valence-corrected chi connectivity index (χ2v) is 6.07. The number of methoxy groups -OCH3 is 1. The third-order valence-corrected chi connectivity index (χ3v) is 4.39. The quantitative estimate of drug-likeness (QED) is 0.789. The van der Waals surface area contributed by atoms with Gasteiger partial charge in [0, 0.05) is 37.9 Å². The summed E-state index contributed by atoms with van der Waals surface area (Å²) >= 11 is 5.75. The lowest BCUT2D eigenvalue weighted by Crippen LogP contribution is -2.50. The molecule has 0 N–H and O–H groups in total. The average molecular weight is 360 g/mol. The number of hydrogen-bond donors (Lipinski definition) is 0. The van der Waals surface area contributed by atoms with Crippen LogP contribution in [0.2, 0.25) is 5.15 Å². The second kappa shape index (κ2) is 7.53. The van der Waals surface area contributed by atoms with Gasteiger partial charge in [-0.3, -0.25) is 9.59 Å². The number of aromatic nitrogens is 1. The highest BCUT2D eigenvalue weighted by Crippen LogP contribution is 2.15. The molecule has 1 aliphatic heterocycles. The van der Waals surface area contributed by atoms with Crippen LogP contribution in [0.25, 0.3) is 0 Å². The number of hydrogen-bond acceptors (Lipinski definition) is 4. The van der Waals surface area contributed by atoms with Crippen LogP contribution in [-0.4, -0.2) is 59.9 Å². The highest BCUT2D eigenvalue weighted by molar-refractivity contribution is 6.29. The van der Waals surface area contributed by atoms with Gasteiger partial charge >= 0.3 is 0 Å². The molecule has 3 rings (SSSR count). The van der Waals surface area contributed by atoms with E-state index >= 15 is 0 Å². The molecule has 0 unspecified atom stereocenters. The maximum absolute atomic E-state index is 12.5. The number of halogens is 1. The molecule has 2 aromatic rings. The molecule has 0 saturated carbocycles. The van der Waals surface area contributed by atoms with Crippen molar-refractivity contribution in [1.29, 1.82) is 0 Å². The predicted molar refractivity (Wildman–Crippen MR) is 94.0 cm³/mol. The summed E-state index contributed by atoms with van der Waals surface area (Å²) in [7, 11) is 1.59. The Bertz CT molecular complexity index is 754. The first kappa shape index (κ1) is 17.2. The summed E-state index contributed by atoms with van der Waals surface area (Å²) in [6.07, 6.45) is 1.47. The van der Waals surface area contributed by atoms with Gasteiger partial charge in [-0.05, 0) is 36.4 Å². The van der Waals surface area contributed by atoms with Crippen molar-refractivity contribution >= 4 is 23.4 Å². The minimum Gasteiger partial charge on any atom is -0.497 e. The standard InChI is InChI=1S/C18H18ClN3O3/c1-25-15-5-2-13(3-6-15)17(23)21-8-10-22(11-9-21)18(24)14-4-7-16(19)20-12-14/h2-7,12H,8-11H2,1H3. The molecule has 1 aromatic carbocycles. The normalized spacial score (nSPS) is 14.3. The Morgan fingerprint density at radius 2 is 1.44 bits per heavy atom. The van der Waals surface area contributed by atoms with E-state index in [0.717, 1.165) is 0 Å². The molecule has 0 aliphatic carbocycles. The molecular weight excluding hydrogens is 342 g/mol. The number of carbonyl (C=O) groups is 2. The van der Waals surface area contributed by atoms with Crippen molar-refractivity contribution in [2.75, 3.05) is 33.3 Å². The van der Waals surface area contributed by atoms with Gasteiger partial charge in [-0.2, -0.15) is 0 Å². The smallest absolute Gasteiger partial charge is 0.255 e. The highest BCUT2D eigenvalue weighted by atomic mass is 35.5. The fourth-order valence-corrected chi connectivity index (χ4v) is 2.83. The third-order valence-electron chi connectivity index (χ3n) is 4.17. The fraction of sp³-hybridized carbons (Fsp3) is 0.278. The largest absolute Gasteiger partial charge is 0.497 e. The summed E-state index contributed by atoms with van der Waals surface area (Å²) in [5.74, 6) is 0.576. The first-order valence-corrected chi connectivity index (χ1v) is 8.30. The highest BCUT2D eigenvalue weighted by Gasteiger charge is 2.25. The van der Waals surface area contributed by atoms with Gasteiger partial charge in [-0.25, -0.2) is 4.98 Å². The van der Waals surface area contributed by atoms with Gasteiger partial charge in [0.05, 0.1) is 12.7 Å².